The molecule has 0 spiro atoms. The highest BCUT2D eigenvalue weighted by Crippen LogP contribution is 2.39. The van der Waals surface area contributed by atoms with Crippen LogP contribution in [-0.2, 0) is 9.47 Å². The zero-order chi connectivity index (χ0) is 29.7. The van der Waals surface area contributed by atoms with Crippen molar-refractivity contribution in [1.29, 1.82) is 0 Å². The fourth-order valence-electron chi connectivity index (χ4n) is 6.99. The van der Waals surface area contributed by atoms with Gasteiger partial charge in [0, 0.05) is 54.5 Å². The molecule has 1 amide bonds. The molecule has 11 heteroatoms. The van der Waals surface area contributed by atoms with E-state index in [-0.39, 0.29) is 30.4 Å². The number of carbonyl (C=O) groups is 1. The van der Waals surface area contributed by atoms with Gasteiger partial charge in [-0.15, -0.1) is 10.2 Å². The maximum absolute atomic E-state index is 12.9. The van der Waals surface area contributed by atoms with E-state index in [9.17, 15) is 4.79 Å². The fraction of sp³-hybridized carbons (Fsp3) is 0.531. The second kappa shape index (κ2) is 10.9. The van der Waals surface area contributed by atoms with Gasteiger partial charge in [0.05, 0.1) is 23.6 Å². The van der Waals surface area contributed by atoms with Crippen molar-refractivity contribution in [2.24, 2.45) is 0 Å². The van der Waals surface area contributed by atoms with Gasteiger partial charge in [-0.25, -0.2) is 9.48 Å². The highest BCUT2D eigenvalue weighted by atomic mass is 16.6. The Bertz CT molecular complexity index is 1590. The highest BCUT2D eigenvalue weighted by molar-refractivity contribution is 6.01. The Balaban J connectivity index is 1.07. The molecule has 226 valence electrons. The molecule has 0 saturated carbocycles. The van der Waals surface area contributed by atoms with Gasteiger partial charge in [0.25, 0.3) is 0 Å². The van der Waals surface area contributed by atoms with E-state index in [2.05, 4.69) is 55.8 Å². The molecular formula is C32H40N8O3. The minimum absolute atomic E-state index is 0.00113. The molecule has 3 aliphatic rings. The van der Waals surface area contributed by atoms with Crippen molar-refractivity contribution in [2.75, 3.05) is 18.6 Å². The molecule has 0 aliphatic carbocycles. The van der Waals surface area contributed by atoms with Crippen molar-refractivity contribution >= 4 is 22.8 Å². The van der Waals surface area contributed by atoms with Gasteiger partial charge in [0.15, 0.2) is 5.82 Å². The van der Waals surface area contributed by atoms with Crippen molar-refractivity contribution in [2.45, 2.75) is 95.7 Å². The van der Waals surface area contributed by atoms with Crippen LogP contribution < -0.4 is 4.90 Å². The first-order valence-electron chi connectivity index (χ1n) is 15.5. The van der Waals surface area contributed by atoms with E-state index in [1.165, 1.54) is 0 Å². The maximum atomic E-state index is 12.9. The number of piperidine rings is 1. The molecule has 3 aliphatic heterocycles. The van der Waals surface area contributed by atoms with E-state index >= 15 is 0 Å². The Morgan fingerprint density at radius 3 is 2.51 bits per heavy atom. The summed E-state index contributed by atoms with van der Waals surface area (Å²) in [6.45, 7) is 6.55. The topological polar surface area (TPSA) is 114 Å². The van der Waals surface area contributed by atoms with Crippen LogP contribution in [0.5, 0.6) is 0 Å². The summed E-state index contributed by atoms with van der Waals surface area (Å²) < 4.78 is 13.6. The first-order valence-corrected chi connectivity index (χ1v) is 15.5. The third kappa shape index (κ3) is 5.35. The van der Waals surface area contributed by atoms with Crippen LogP contribution in [0.15, 0.2) is 42.9 Å². The van der Waals surface area contributed by atoms with Crippen LogP contribution in [0.4, 0.5) is 10.6 Å². The summed E-state index contributed by atoms with van der Waals surface area (Å²) in [4.78, 5) is 17.1. The van der Waals surface area contributed by atoms with E-state index in [4.69, 9.17) is 9.47 Å². The molecule has 1 N–H and O–H groups in total. The van der Waals surface area contributed by atoms with E-state index in [1.54, 1.807) is 0 Å². The molecule has 6 heterocycles. The molecule has 43 heavy (non-hydrogen) atoms. The van der Waals surface area contributed by atoms with Gasteiger partial charge >= 0.3 is 6.09 Å². The molecule has 7 rings (SSSR count). The molecular weight excluding hydrogens is 544 g/mol. The molecule has 0 radical (unpaired) electrons. The van der Waals surface area contributed by atoms with Crippen molar-refractivity contribution in [3.05, 3.63) is 42.9 Å². The molecule has 3 unspecified atom stereocenters. The van der Waals surface area contributed by atoms with Crippen LogP contribution in [0.2, 0.25) is 0 Å². The van der Waals surface area contributed by atoms with Gasteiger partial charge in [-0.1, -0.05) is 6.07 Å². The number of amides is 1. The van der Waals surface area contributed by atoms with Crippen molar-refractivity contribution in [3.63, 3.8) is 0 Å². The lowest BCUT2D eigenvalue weighted by Gasteiger charge is -2.42. The summed E-state index contributed by atoms with van der Waals surface area (Å²) in [6.07, 6.45) is 12.7. The number of nitrogens with one attached hydrogen (secondary N) is 1. The molecule has 3 saturated heterocycles. The molecule has 4 aromatic rings. The minimum atomic E-state index is -0.489. The number of hydrogen-bond acceptors (Lipinski definition) is 8. The fourth-order valence-corrected chi connectivity index (χ4v) is 6.99. The quantitative estimate of drug-likeness (QED) is 0.306. The van der Waals surface area contributed by atoms with Gasteiger partial charge in [0.1, 0.15) is 11.8 Å². The Hall–Kier alpha value is -3.99. The number of nitrogens with zero attached hydrogens (tertiary/aromatic N) is 7. The lowest BCUT2D eigenvalue weighted by Crippen LogP contribution is -2.53. The number of ether oxygens (including phenoxy) is 2. The van der Waals surface area contributed by atoms with Gasteiger partial charge in [-0.3, -0.25) is 5.10 Å². The molecule has 3 atom stereocenters. The van der Waals surface area contributed by atoms with E-state index in [0.29, 0.717) is 0 Å². The zero-order valence-corrected chi connectivity index (χ0v) is 25.4. The number of benzene rings is 1. The normalized spacial score (nSPS) is 24.0. The lowest BCUT2D eigenvalue weighted by atomic mass is 9.96. The Labute approximate surface area is 251 Å². The molecule has 11 nitrogen and oxygen atoms in total. The standard InChI is InChI=1S/C32H40N8O3/c1-32(2,3)43-31(41)40-21-8-9-22(40)16-23(15-21)38(4)28-13-12-27(35-36-28)25-11-10-24(26-18-33-37-30(25)26)20-17-34-39(19-20)29-7-5-6-14-42-29/h10-13,17-19,21-23,29H,5-9,14-16H2,1-4H3,(H,33,37). The second-order valence-corrected chi connectivity index (χ2v) is 13.1. The largest absolute Gasteiger partial charge is 0.444 e. The number of fused-ring (bicyclic) bond motifs is 3. The lowest BCUT2D eigenvalue weighted by molar-refractivity contribution is -0.0394. The van der Waals surface area contributed by atoms with Crippen molar-refractivity contribution in [3.8, 4) is 22.4 Å². The molecule has 3 aromatic heterocycles. The predicted molar refractivity (Wildman–Crippen MR) is 163 cm³/mol. The average Bonchev–Trinajstić information content (AvgIpc) is 3.74. The molecule has 1 aromatic carbocycles. The van der Waals surface area contributed by atoms with Gasteiger partial charge in [-0.05, 0) is 89.5 Å². The maximum Gasteiger partial charge on any atom is 0.410 e. The zero-order valence-electron chi connectivity index (χ0n) is 25.4. The SMILES string of the molecule is CN(c1ccc(-c2ccc(-c3cnn(C4CCCCO4)c3)c3cn[nH]c23)nn1)C1CC2CCC(C1)N2C(=O)OC(C)(C)C. The van der Waals surface area contributed by atoms with Crippen LogP contribution in [0, 0.1) is 0 Å². The summed E-state index contributed by atoms with van der Waals surface area (Å²) in [7, 11) is 2.08. The van der Waals surface area contributed by atoms with Crippen molar-refractivity contribution in [1.82, 2.24) is 35.1 Å². The number of hydrogen-bond donors (Lipinski definition) is 1. The first-order chi connectivity index (χ1) is 20.7. The van der Waals surface area contributed by atoms with Crippen LogP contribution >= 0.6 is 0 Å². The second-order valence-electron chi connectivity index (χ2n) is 13.1. The number of aromatic amines is 1. The van der Waals surface area contributed by atoms with Crippen LogP contribution in [-0.4, -0.2) is 78.5 Å². The summed E-state index contributed by atoms with van der Waals surface area (Å²) in [5.41, 5.74) is 4.25. The summed E-state index contributed by atoms with van der Waals surface area (Å²) in [5, 5.41) is 22.4. The van der Waals surface area contributed by atoms with Gasteiger partial charge in [-0.2, -0.15) is 10.2 Å². The van der Waals surface area contributed by atoms with Crippen molar-refractivity contribution < 1.29 is 14.3 Å². The van der Waals surface area contributed by atoms with Gasteiger partial charge < -0.3 is 19.3 Å². The van der Waals surface area contributed by atoms with Crippen LogP contribution in [0.3, 0.4) is 0 Å². The van der Waals surface area contributed by atoms with E-state index < -0.39 is 5.60 Å². The van der Waals surface area contributed by atoms with E-state index in [1.807, 2.05) is 54.9 Å². The number of carbonyl (C=O) groups excluding carboxylic acids is 1. The Kier molecular flexibility index (Phi) is 7.07. The first kappa shape index (κ1) is 27.8. The smallest absolute Gasteiger partial charge is 0.410 e. The Morgan fingerprint density at radius 1 is 1.02 bits per heavy atom. The summed E-state index contributed by atoms with van der Waals surface area (Å²) in [5.74, 6) is 0.827. The van der Waals surface area contributed by atoms with Crippen LogP contribution in [0.1, 0.15) is 71.9 Å². The monoisotopic (exact) mass is 584 g/mol. The third-order valence-corrected chi connectivity index (χ3v) is 9.13. The van der Waals surface area contributed by atoms with Crippen LogP contribution in [0.25, 0.3) is 33.3 Å². The number of aromatic nitrogens is 6. The molecule has 2 bridgehead atoms. The molecule has 3 fully saturated rings. The predicted octanol–water partition coefficient (Wildman–Crippen LogP) is 5.95. The highest BCUT2D eigenvalue weighted by Gasteiger charge is 2.46. The third-order valence-electron chi connectivity index (χ3n) is 9.13. The number of rotatable bonds is 5. The summed E-state index contributed by atoms with van der Waals surface area (Å²) >= 11 is 0. The summed E-state index contributed by atoms with van der Waals surface area (Å²) in [6, 6.07) is 8.92. The number of anilines is 1. The Morgan fingerprint density at radius 2 is 1.81 bits per heavy atom. The minimum Gasteiger partial charge on any atom is -0.444 e. The van der Waals surface area contributed by atoms with Gasteiger partial charge in [0.2, 0.25) is 0 Å². The van der Waals surface area contributed by atoms with E-state index in [0.717, 1.165) is 90.7 Å². The number of H-pyrrole nitrogens is 1. The average molecular weight is 585 g/mol.